The maximum absolute atomic E-state index is 12.2. The SMILES string of the molecule is COC(=O)C1=C(C)N=C(C)C(C(C)=O)C1c1ccc([N+](=O)[O-])cc1. The summed E-state index contributed by atoms with van der Waals surface area (Å²) in [6, 6.07) is 5.84. The quantitative estimate of drug-likeness (QED) is 0.480. The van der Waals surface area contributed by atoms with E-state index in [9.17, 15) is 19.7 Å². The molecule has 1 aromatic rings. The molecular formula is C17H18N2O5. The number of aliphatic imine (C=N–C) groups is 1. The normalized spacial score (nSPS) is 20.4. The molecule has 7 nitrogen and oxygen atoms in total. The van der Waals surface area contributed by atoms with Crippen molar-refractivity contribution in [1.82, 2.24) is 0 Å². The Balaban J connectivity index is 2.62. The van der Waals surface area contributed by atoms with Crippen molar-refractivity contribution in [2.75, 3.05) is 7.11 Å². The average molecular weight is 330 g/mol. The Kier molecular flexibility index (Phi) is 4.92. The molecule has 24 heavy (non-hydrogen) atoms. The lowest BCUT2D eigenvalue weighted by atomic mass is 9.74. The zero-order chi connectivity index (χ0) is 18.0. The summed E-state index contributed by atoms with van der Waals surface area (Å²) in [5, 5.41) is 10.8. The first-order valence-corrected chi connectivity index (χ1v) is 7.37. The fourth-order valence-electron chi connectivity index (χ4n) is 3.10. The third kappa shape index (κ3) is 3.10. The van der Waals surface area contributed by atoms with Gasteiger partial charge in [0.25, 0.3) is 5.69 Å². The van der Waals surface area contributed by atoms with Gasteiger partial charge in [0.2, 0.25) is 0 Å². The predicted molar refractivity (Wildman–Crippen MR) is 87.8 cm³/mol. The number of methoxy groups -OCH3 is 1. The van der Waals surface area contributed by atoms with E-state index in [1.807, 2.05) is 0 Å². The Morgan fingerprint density at radius 3 is 2.25 bits per heavy atom. The first kappa shape index (κ1) is 17.5. The van der Waals surface area contributed by atoms with E-state index in [-0.39, 0.29) is 11.5 Å². The van der Waals surface area contributed by atoms with Crippen LogP contribution in [0.2, 0.25) is 0 Å². The Hall–Kier alpha value is -2.83. The number of nitrogens with zero attached hydrogens (tertiary/aromatic N) is 2. The Labute approximate surface area is 139 Å². The fraction of sp³-hybridized carbons (Fsp3) is 0.353. The number of carbonyl (C=O) groups excluding carboxylic acids is 2. The van der Waals surface area contributed by atoms with Gasteiger partial charge < -0.3 is 4.74 Å². The molecule has 0 saturated carbocycles. The van der Waals surface area contributed by atoms with Crippen molar-refractivity contribution in [3.63, 3.8) is 0 Å². The van der Waals surface area contributed by atoms with E-state index >= 15 is 0 Å². The van der Waals surface area contributed by atoms with Crippen molar-refractivity contribution in [2.45, 2.75) is 26.7 Å². The van der Waals surface area contributed by atoms with Gasteiger partial charge in [-0.15, -0.1) is 0 Å². The standard InChI is InChI=1S/C17H18N2O5/c1-9-14(11(3)20)16(15(10(2)18-9)17(21)24-4)12-5-7-13(8-6-12)19(22)23/h5-8,14,16H,1-4H3. The first-order valence-electron chi connectivity index (χ1n) is 7.37. The van der Waals surface area contributed by atoms with E-state index in [0.717, 1.165) is 0 Å². The lowest BCUT2D eigenvalue weighted by molar-refractivity contribution is -0.384. The second kappa shape index (κ2) is 6.74. The van der Waals surface area contributed by atoms with Gasteiger partial charge in [0, 0.05) is 29.5 Å². The van der Waals surface area contributed by atoms with Gasteiger partial charge >= 0.3 is 5.97 Å². The molecule has 0 amide bonds. The topological polar surface area (TPSA) is 98.9 Å². The number of allylic oxidation sites excluding steroid dienone is 1. The van der Waals surface area contributed by atoms with Crippen molar-refractivity contribution in [3.05, 3.63) is 51.2 Å². The van der Waals surface area contributed by atoms with Crippen molar-refractivity contribution in [1.29, 1.82) is 0 Å². The molecule has 1 aliphatic rings. The second-order valence-corrected chi connectivity index (χ2v) is 5.66. The molecule has 0 aromatic heterocycles. The molecule has 2 atom stereocenters. The van der Waals surface area contributed by atoms with Gasteiger partial charge in [-0.1, -0.05) is 12.1 Å². The molecule has 0 radical (unpaired) electrons. The summed E-state index contributed by atoms with van der Waals surface area (Å²) in [6.07, 6.45) is 0. The summed E-state index contributed by atoms with van der Waals surface area (Å²) in [5.74, 6) is -1.87. The third-order valence-electron chi connectivity index (χ3n) is 4.13. The molecule has 7 heteroatoms. The van der Waals surface area contributed by atoms with Crippen LogP contribution in [0.25, 0.3) is 0 Å². The molecule has 2 rings (SSSR count). The number of rotatable bonds is 4. The van der Waals surface area contributed by atoms with Crippen LogP contribution in [-0.2, 0) is 14.3 Å². The number of nitro benzene ring substituents is 1. The molecule has 0 saturated heterocycles. The smallest absolute Gasteiger partial charge is 0.336 e. The van der Waals surface area contributed by atoms with Crippen LogP contribution in [0.1, 0.15) is 32.3 Å². The highest BCUT2D eigenvalue weighted by atomic mass is 16.6. The van der Waals surface area contributed by atoms with E-state index in [0.29, 0.717) is 22.5 Å². The molecule has 0 fully saturated rings. The van der Waals surface area contributed by atoms with Crippen LogP contribution in [0.3, 0.4) is 0 Å². The highest BCUT2D eigenvalue weighted by Gasteiger charge is 2.39. The highest BCUT2D eigenvalue weighted by Crippen LogP contribution is 2.40. The van der Waals surface area contributed by atoms with Gasteiger partial charge in [-0.25, -0.2) is 4.79 Å². The van der Waals surface area contributed by atoms with Crippen LogP contribution in [0.4, 0.5) is 5.69 Å². The Bertz CT molecular complexity index is 762. The average Bonchev–Trinajstić information content (AvgIpc) is 2.53. The van der Waals surface area contributed by atoms with Crippen LogP contribution in [-0.4, -0.2) is 29.5 Å². The van der Waals surface area contributed by atoms with E-state index in [1.54, 1.807) is 26.0 Å². The summed E-state index contributed by atoms with van der Waals surface area (Å²) in [6.45, 7) is 4.87. The second-order valence-electron chi connectivity index (χ2n) is 5.66. The van der Waals surface area contributed by atoms with Gasteiger partial charge in [0.05, 0.1) is 23.5 Å². The zero-order valence-electron chi connectivity index (χ0n) is 13.9. The largest absolute Gasteiger partial charge is 0.466 e. The number of hydrogen-bond donors (Lipinski definition) is 0. The lowest BCUT2D eigenvalue weighted by Gasteiger charge is -2.31. The number of non-ortho nitro benzene ring substituents is 1. The number of ketones is 1. The van der Waals surface area contributed by atoms with Crippen molar-refractivity contribution in [2.24, 2.45) is 10.9 Å². The molecule has 0 aliphatic carbocycles. The maximum Gasteiger partial charge on any atom is 0.336 e. The molecule has 1 aliphatic heterocycles. The summed E-state index contributed by atoms with van der Waals surface area (Å²) in [7, 11) is 1.27. The highest BCUT2D eigenvalue weighted by molar-refractivity contribution is 6.08. The Morgan fingerprint density at radius 1 is 1.21 bits per heavy atom. The monoisotopic (exact) mass is 330 g/mol. The minimum Gasteiger partial charge on any atom is -0.466 e. The van der Waals surface area contributed by atoms with E-state index in [2.05, 4.69) is 4.99 Å². The van der Waals surface area contributed by atoms with Crippen LogP contribution >= 0.6 is 0 Å². The Morgan fingerprint density at radius 2 is 1.79 bits per heavy atom. The van der Waals surface area contributed by atoms with Crippen LogP contribution < -0.4 is 0 Å². The molecule has 0 N–H and O–H groups in total. The van der Waals surface area contributed by atoms with Crippen LogP contribution in [0, 0.1) is 16.0 Å². The van der Waals surface area contributed by atoms with Gasteiger partial charge in [-0.05, 0) is 26.3 Å². The van der Waals surface area contributed by atoms with E-state index in [1.165, 1.54) is 26.2 Å². The molecular weight excluding hydrogens is 312 g/mol. The van der Waals surface area contributed by atoms with E-state index < -0.39 is 22.7 Å². The number of Topliss-reactive ketones (excluding diaryl/α,β-unsaturated/α-hetero) is 1. The summed E-state index contributed by atoms with van der Waals surface area (Å²) in [4.78, 5) is 39.1. The lowest BCUT2D eigenvalue weighted by Crippen LogP contribution is -2.34. The number of hydrogen-bond acceptors (Lipinski definition) is 6. The first-order chi connectivity index (χ1) is 11.3. The minimum absolute atomic E-state index is 0.0559. The summed E-state index contributed by atoms with van der Waals surface area (Å²) in [5.41, 5.74) is 1.97. The van der Waals surface area contributed by atoms with Gasteiger partial charge in [0.15, 0.2) is 0 Å². The van der Waals surface area contributed by atoms with E-state index in [4.69, 9.17) is 4.74 Å². The number of carbonyl (C=O) groups is 2. The van der Waals surface area contributed by atoms with Gasteiger partial charge in [0.1, 0.15) is 5.78 Å². The molecule has 2 unspecified atom stereocenters. The minimum atomic E-state index is -0.607. The van der Waals surface area contributed by atoms with Gasteiger partial charge in [-0.2, -0.15) is 0 Å². The van der Waals surface area contributed by atoms with Crippen molar-refractivity contribution < 1.29 is 19.2 Å². The maximum atomic E-state index is 12.2. The van der Waals surface area contributed by atoms with Crippen molar-refractivity contribution >= 4 is 23.2 Å². The number of nitro groups is 1. The molecule has 126 valence electrons. The predicted octanol–water partition coefficient (Wildman–Crippen LogP) is 2.81. The number of ether oxygens (including phenoxy) is 1. The molecule has 1 heterocycles. The number of esters is 1. The fourth-order valence-corrected chi connectivity index (χ4v) is 3.10. The van der Waals surface area contributed by atoms with Crippen LogP contribution in [0.5, 0.6) is 0 Å². The third-order valence-corrected chi connectivity index (χ3v) is 4.13. The van der Waals surface area contributed by atoms with Crippen LogP contribution in [0.15, 0.2) is 40.5 Å². The van der Waals surface area contributed by atoms with Gasteiger partial charge in [-0.3, -0.25) is 19.9 Å². The molecule has 1 aromatic carbocycles. The number of benzene rings is 1. The summed E-state index contributed by atoms with van der Waals surface area (Å²) < 4.78 is 4.85. The summed E-state index contributed by atoms with van der Waals surface area (Å²) >= 11 is 0. The molecule has 0 bridgehead atoms. The molecule has 0 spiro atoms. The zero-order valence-corrected chi connectivity index (χ0v) is 13.9. The van der Waals surface area contributed by atoms with Crippen molar-refractivity contribution in [3.8, 4) is 0 Å².